The van der Waals surface area contributed by atoms with Crippen molar-refractivity contribution in [2.45, 2.75) is 64.7 Å². The largest absolute Gasteiger partial charge is 0.370 e. The molecule has 0 atom stereocenters. The third kappa shape index (κ3) is 8.52. The van der Waals surface area contributed by atoms with Crippen LogP contribution in [-0.4, -0.2) is 24.7 Å². The molecule has 2 rings (SSSR count). The van der Waals surface area contributed by atoms with Gasteiger partial charge < -0.3 is 5.32 Å². The minimum Gasteiger partial charge on any atom is -0.370 e. The lowest BCUT2D eigenvalue weighted by Gasteiger charge is -2.17. The Hall–Kier alpha value is -1.74. The van der Waals surface area contributed by atoms with Crippen molar-refractivity contribution >= 4 is 17.6 Å². The van der Waals surface area contributed by atoms with Crippen molar-refractivity contribution < 1.29 is 0 Å². The first-order chi connectivity index (χ1) is 13.6. The van der Waals surface area contributed by atoms with Gasteiger partial charge >= 0.3 is 0 Å². The molecule has 3 heteroatoms. The van der Waals surface area contributed by atoms with E-state index in [9.17, 15) is 0 Å². The molecule has 0 amide bonds. The van der Waals surface area contributed by atoms with Crippen LogP contribution in [0.2, 0.25) is 0 Å². The molecule has 28 heavy (non-hydrogen) atoms. The molecule has 0 spiro atoms. The number of nitrogens with one attached hydrogen (secondary N) is 1. The molecule has 1 aliphatic rings. The highest BCUT2D eigenvalue weighted by atomic mass is 32.2. The van der Waals surface area contributed by atoms with E-state index in [4.69, 9.17) is 0 Å². The number of nitrogens with zero attached hydrogens (tertiary/aromatic N) is 1. The van der Waals surface area contributed by atoms with Crippen LogP contribution < -0.4 is 5.32 Å². The van der Waals surface area contributed by atoms with Crippen molar-refractivity contribution in [3.8, 4) is 0 Å². The molecule has 0 bridgehead atoms. The monoisotopic (exact) mass is 396 g/mol. The maximum atomic E-state index is 4.66. The summed E-state index contributed by atoms with van der Waals surface area (Å²) in [5.41, 5.74) is 5.64. The number of hydrogen-bond donors (Lipinski definition) is 1. The van der Waals surface area contributed by atoms with Gasteiger partial charge in [-0.15, -0.1) is 11.8 Å². The van der Waals surface area contributed by atoms with Crippen molar-refractivity contribution in [1.82, 2.24) is 5.32 Å². The van der Waals surface area contributed by atoms with Crippen molar-refractivity contribution in [3.63, 3.8) is 0 Å². The van der Waals surface area contributed by atoms with Crippen LogP contribution in [0.1, 0.15) is 65.4 Å². The Bertz CT molecular complexity index is 737. The van der Waals surface area contributed by atoms with Crippen molar-refractivity contribution in [2.24, 2.45) is 4.99 Å². The Morgan fingerprint density at radius 3 is 2.43 bits per heavy atom. The van der Waals surface area contributed by atoms with Crippen LogP contribution >= 0.6 is 11.8 Å². The van der Waals surface area contributed by atoms with Gasteiger partial charge in [-0.25, -0.2) is 0 Å². The average Bonchev–Trinajstić information content (AvgIpc) is 2.69. The highest BCUT2D eigenvalue weighted by molar-refractivity contribution is 7.99. The number of hydrogen-bond acceptors (Lipinski definition) is 3. The predicted molar refractivity (Wildman–Crippen MR) is 127 cm³/mol. The van der Waals surface area contributed by atoms with Crippen LogP contribution in [0.15, 0.2) is 69.1 Å². The number of amidine groups is 1. The summed E-state index contributed by atoms with van der Waals surface area (Å²) >= 11 is 1.90. The molecule has 152 valence electrons. The Balaban J connectivity index is 1.80. The first kappa shape index (κ1) is 22.5. The summed E-state index contributed by atoms with van der Waals surface area (Å²) in [5.74, 6) is 2.07. The second kappa shape index (κ2) is 12.7. The summed E-state index contributed by atoms with van der Waals surface area (Å²) in [5, 5.41) is 3.45. The van der Waals surface area contributed by atoms with E-state index in [0.717, 1.165) is 50.4 Å². The molecule has 2 nitrogen and oxygen atoms in total. The van der Waals surface area contributed by atoms with E-state index in [-0.39, 0.29) is 0 Å². The smallest absolute Gasteiger partial charge is 0.129 e. The Kier molecular flexibility index (Phi) is 10.2. The lowest BCUT2D eigenvalue weighted by Crippen LogP contribution is -2.30. The molecule has 0 fully saturated rings. The van der Waals surface area contributed by atoms with E-state index in [0.29, 0.717) is 0 Å². The number of thioether (sulfide) groups is 1. The van der Waals surface area contributed by atoms with Crippen LogP contribution in [0.3, 0.4) is 0 Å². The van der Waals surface area contributed by atoms with E-state index in [2.05, 4.69) is 80.5 Å². The van der Waals surface area contributed by atoms with E-state index >= 15 is 0 Å². The first-order valence-electron chi connectivity index (χ1n) is 10.5. The van der Waals surface area contributed by atoms with Gasteiger partial charge in [0.15, 0.2) is 0 Å². The minimum atomic E-state index is 0.932. The van der Waals surface area contributed by atoms with E-state index in [1.807, 2.05) is 11.8 Å². The molecule has 1 N–H and O–H groups in total. The highest BCUT2D eigenvalue weighted by Gasteiger charge is 2.11. The third-order valence-corrected chi connectivity index (χ3v) is 5.83. The topological polar surface area (TPSA) is 24.4 Å². The molecular formula is C25H36N2S. The van der Waals surface area contributed by atoms with Crippen LogP contribution in [-0.2, 0) is 0 Å². The zero-order chi connectivity index (χ0) is 20.2. The fraction of sp³-hybridized carbons (Fsp3) is 0.480. The van der Waals surface area contributed by atoms with E-state index < -0.39 is 0 Å². The Labute approximate surface area is 176 Å². The fourth-order valence-electron chi connectivity index (χ4n) is 3.11. The molecule has 1 aliphatic heterocycles. The Morgan fingerprint density at radius 2 is 1.71 bits per heavy atom. The molecular weight excluding hydrogens is 360 g/mol. The van der Waals surface area contributed by atoms with Gasteiger partial charge in [-0.05, 0) is 65.9 Å². The summed E-state index contributed by atoms with van der Waals surface area (Å²) in [6.45, 7) is 10.8. The number of rotatable bonds is 10. The Morgan fingerprint density at radius 1 is 1.00 bits per heavy atom. The maximum Gasteiger partial charge on any atom is 0.129 e. The zero-order valence-electron chi connectivity index (χ0n) is 18.1. The van der Waals surface area contributed by atoms with Gasteiger partial charge in [-0.1, -0.05) is 53.1 Å². The van der Waals surface area contributed by atoms with Gasteiger partial charge in [0.25, 0.3) is 0 Å². The second-order valence-corrected chi connectivity index (χ2v) is 8.84. The first-order valence-corrected chi connectivity index (χ1v) is 11.5. The second-order valence-electron chi connectivity index (χ2n) is 7.78. The summed E-state index contributed by atoms with van der Waals surface area (Å²) in [4.78, 5) is 5.97. The van der Waals surface area contributed by atoms with Crippen molar-refractivity contribution in [1.29, 1.82) is 0 Å². The molecule has 1 heterocycles. The molecule has 1 aromatic rings. The normalized spacial score (nSPS) is 15.1. The summed E-state index contributed by atoms with van der Waals surface area (Å²) in [6.07, 6.45) is 12.9. The average molecular weight is 397 g/mol. The third-order valence-electron chi connectivity index (χ3n) is 4.83. The van der Waals surface area contributed by atoms with Gasteiger partial charge in [-0.3, -0.25) is 4.99 Å². The van der Waals surface area contributed by atoms with Crippen molar-refractivity contribution in [3.05, 3.63) is 64.8 Å². The molecule has 1 aromatic carbocycles. The molecule has 0 saturated carbocycles. The van der Waals surface area contributed by atoms with Crippen LogP contribution in [0.5, 0.6) is 0 Å². The number of benzene rings is 1. The minimum absolute atomic E-state index is 0.932. The van der Waals surface area contributed by atoms with Gasteiger partial charge in [0.2, 0.25) is 0 Å². The lowest BCUT2D eigenvalue weighted by molar-refractivity contribution is 0.741. The maximum absolute atomic E-state index is 4.66. The fourth-order valence-corrected chi connectivity index (χ4v) is 4.16. The molecule has 0 unspecified atom stereocenters. The molecule has 0 aliphatic carbocycles. The van der Waals surface area contributed by atoms with Gasteiger partial charge in [0, 0.05) is 29.3 Å². The van der Waals surface area contributed by atoms with Gasteiger partial charge in [0.1, 0.15) is 5.84 Å². The van der Waals surface area contributed by atoms with Crippen molar-refractivity contribution in [2.75, 3.05) is 18.8 Å². The quantitative estimate of drug-likeness (QED) is 0.342. The van der Waals surface area contributed by atoms with E-state index in [1.54, 1.807) is 0 Å². The van der Waals surface area contributed by atoms with Gasteiger partial charge in [0.05, 0.1) is 0 Å². The van der Waals surface area contributed by atoms with Gasteiger partial charge in [-0.2, -0.15) is 0 Å². The van der Waals surface area contributed by atoms with Crippen LogP contribution in [0, 0.1) is 0 Å². The summed E-state index contributed by atoms with van der Waals surface area (Å²) in [6, 6.07) is 8.61. The van der Waals surface area contributed by atoms with Crippen LogP contribution in [0.25, 0.3) is 0 Å². The SMILES string of the molecule is CC(C)=CCC/C(C)=C/CC/C(C)=C/CSc1ccccc1C1=NCCCN1. The number of aliphatic imine (C=N–C) groups is 1. The molecule has 0 saturated heterocycles. The highest BCUT2D eigenvalue weighted by Crippen LogP contribution is 2.24. The lowest BCUT2D eigenvalue weighted by atomic mass is 10.1. The summed E-state index contributed by atoms with van der Waals surface area (Å²) in [7, 11) is 0. The van der Waals surface area contributed by atoms with E-state index in [1.165, 1.54) is 33.6 Å². The standard InChI is InChI=1S/C25H36N2S/c1-20(2)10-7-11-21(3)12-8-13-22(4)16-19-28-24-15-6-5-14-23(24)25-26-17-9-18-27-25/h5-6,10,12,14-16H,7-9,11,13,17-19H2,1-4H3,(H,26,27)/b21-12+,22-16+. The predicted octanol–water partition coefficient (Wildman–Crippen LogP) is 6.94. The zero-order valence-corrected chi connectivity index (χ0v) is 18.9. The van der Waals surface area contributed by atoms with Crippen LogP contribution in [0.4, 0.5) is 0 Å². The number of allylic oxidation sites excluding steroid dienone is 5. The molecule has 0 radical (unpaired) electrons. The molecule has 0 aromatic heterocycles. The summed E-state index contributed by atoms with van der Waals surface area (Å²) < 4.78 is 0.